The molecule has 1 amide bonds. The number of ether oxygens (including phenoxy) is 3. The van der Waals surface area contributed by atoms with Crippen molar-refractivity contribution in [2.45, 2.75) is 11.3 Å². The first kappa shape index (κ1) is 25.1. The van der Waals surface area contributed by atoms with Crippen LogP contribution in [0.2, 0.25) is 0 Å². The molecule has 1 aliphatic heterocycles. The number of sulfonamides is 1. The summed E-state index contributed by atoms with van der Waals surface area (Å²) in [4.78, 5) is 12.5. The van der Waals surface area contributed by atoms with Gasteiger partial charge in [0, 0.05) is 11.8 Å². The topological polar surface area (TPSA) is 94.2 Å². The number of nitrogens with one attached hydrogen (secondary N) is 1. The van der Waals surface area contributed by atoms with Gasteiger partial charge in [0.15, 0.2) is 11.5 Å². The molecule has 1 N–H and O–H groups in total. The highest BCUT2D eigenvalue weighted by molar-refractivity contribution is 7.92. The zero-order valence-electron chi connectivity index (χ0n) is 18.3. The van der Waals surface area contributed by atoms with E-state index in [4.69, 9.17) is 9.47 Å². The van der Waals surface area contributed by atoms with Crippen molar-refractivity contribution in [1.82, 2.24) is 0 Å². The Bertz CT molecular complexity index is 1350. The second kappa shape index (κ2) is 9.93. The highest BCUT2D eigenvalue weighted by Gasteiger charge is 2.31. The molecular weight excluding hydrogens is 508 g/mol. The van der Waals surface area contributed by atoms with Crippen LogP contribution in [0.5, 0.6) is 17.2 Å². The van der Waals surface area contributed by atoms with Crippen LogP contribution in [-0.4, -0.2) is 40.4 Å². The van der Waals surface area contributed by atoms with Gasteiger partial charge in [0.05, 0.1) is 10.6 Å². The Morgan fingerprint density at radius 3 is 2.22 bits per heavy atom. The monoisotopic (exact) mass is 526 g/mol. The van der Waals surface area contributed by atoms with Crippen molar-refractivity contribution in [3.63, 3.8) is 0 Å². The van der Waals surface area contributed by atoms with Crippen molar-refractivity contribution in [2.75, 3.05) is 29.4 Å². The number of carbonyl (C=O) groups is 1. The average Bonchev–Trinajstić information content (AvgIpc) is 2.83. The molecule has 3 aromatic carbocycles. The minimum Gasteiger partial charge on any atom is -0.486 e. The van der Waals surface area contributed by atoms with Gasteiger partial charge in [-0.05, 0) is 60.7 Å². The predicted molar refractivity (Wildman–Crippen MR) is 120 cm³/mol. The Labute approximate surface area is 203 Å². The lowest BCUT2D eigenvalue weighted by atomic mass is 10.3. The van der Waals surface area contributed by atoms with Crippen LogP contribution in [0.25, 0.3) is 0 Å². The number of fused-ring (bicyclic) bond motifs is 1. The molecule has 0 aromatic heterocycles. The molecule has 4 rings (SSSR count). The molecule has 1 heterocycles. The predicted octanol–water partition coefficient (Wildman–Crippen LogP) is 4.33. The van der Waals surface area contributed by atoms with E-state index in [1.165, 1.54) is 30.3 Å². The number of rotatable bonds is 7. The van der Waals surface area contributed by atoms with Crippen molar-refractivity contribution in [2.24, 2.45) is 0 Å². The van der Waals surface area contributed by atoms with Crippen molar-refractivity contribution in [3.05, 3.63) is 72.5 Å². The number of alkyl halides is 3. The summed E-state index contributed by atoms with van der Waals surface area (Å²) in [7, 11) is -4.35. The van der Waals surface area contributed by atoms with Gasteiger partial charge in [0.2, 0.25) is 5.91 Å². The number of hydrogen-bond donors (Lipinski definition) is 1. The molecule has 8 nitrogen and oxygen atoms in total. The molecule has 0 aliphatic carbocycles. The van der Waals surface area contributed by atoms with Gasteiger partial charge < -0.3 is 19.5 Å². The Balaban J connectivity index is 1.58. The SMILES string of the molecule is O=C(CN(c1ccc(F)cc1)S(=O)(=O)c1ccc2c(c1)OCCO2)Nc1ccc(OC(F)(F)F)cc1. The maximum atomic E-state index is 13.5. The largest absolute Gasteiger partial charge is 0.573 e. The zero-order chi connectivity index (χ0) is 25.9. The first-order valence-electron chi connectivity index (χ1n) is 10.3. The molecule has 0 saturated heterocycles. The van der Waals surface area contributed by atoms with Crippen molar-refractivity contribution in [1.29, 1.82) is 0 Å². The molecule has 0 fully saturated rings. The summed E-state index contributed by atoms with van der Waals surface area (Å²) in [5.74, 6) is -1.32. The van der Waals surface area contributed by atoms with Gasteiger partial charge in [-0.25, -0.2) is 12.8 Å². The quantitative estimate of drug-likeness (QED) is 0.461. The van der Waals surface area contributed by atoms with Gasteiger partial charge in [0.25, 0.3) is 10.0 Å². The normalized spacial score (nSPS) is 13.1. The molecule has 0 atom stereocenters. The lowest BCUT2D eigenvalue weighted by Gasteiger charge is -2.25. The van der Waals surface area contributed by atoms with Crippen LogP contribution in [0.3, 0.4) is 0 Å². The average molecular weight is 526 g/mol. The Morgan fingerprint density at radius 1 is 0.944 bits per heavy atom. The summed E-state index contributed by atoms with van der Waals surface area (Å²) >= 11 is 0. The second-order valence-electron chi connectivity index (χ2n) is 7.41. The smallest absolute Gasteiger partial charge is 0.486 e. The maximum Gasteiger partial charge on any atom is 0.573 e. The summed E-state index contributed by atoms with van der Waals surface area (Å²) in [5, 5.41) is 2.42. The molecule has 3 aromatic rings. The lowest BCUT2D eigenvalue weighted by molar-refractivity contribution is -0.274. The number of benzene rings is 3. The molecular formula is C23H18F4N2O6S. The standard InChI is InChI=1S/C23H18F4N2O6S/c24-15-1-5-17(6-2-15)29(36(31,32)19-9-10-20-21(13-19)34-12-11-33-20)14-22(30)28-16-3-7-18(8-4-16)35-23(25,26)27/h1-10,13H,11-12,14H2,(H,28,30). The van der Waals surface area contributed by atoms with Crippen molar-refractivity contribution < 1.29 is 45.0 Å². The fourth-order valence-corrected chi connectivity index (χ4v) is 4.74. The number of halogens is 4. The van der Waals surface area contributed by atoms with E-state index in [-0.39, 0.29) is 28.6 Å². The Kier molecular flexibility index (Phi) is 6.93. The van der Waals surface area contributed by atoms with E-state index in [1.54, 1.807) is 0 Å². The maximum absolute atomic E-state index is 13.5. The molecule has 0 radical (unpaired) electrons. The van der Waals surface area contributed by atoms with E-state index in [0.717, 1.165) is 40.7 Å². The van der Waals surface area contributed by atoms with E-state index in [2.05, 4.69) is 10.1 Å². The first-order chi connectivity index (χ1) is 17.0. The van der Waals surface area contributed by atoms with Crippen LogP contribution >= 0.6 is 0 Å². The highest BCUT2D eigenvalue weighted by atomic mass is 32.2. The van der Waals surface area contributed by atoms with E-state index in [0.29, 0.717) is 12.4 Å². The van der Waals surface area contributed by atoms with Gasteiger partial charge in [-0.15, -0.1) is 13.2 Å². The number of hydrogen-bond acceptors (Lipinski definition) is 6. The Morgan fingerprint density at radius 2 is 1.58 bits per heavy atom. The Hall–Kier alpha value is -4.00. The zero-order valence-corrected chi connectivity index (χ0v) is 19.1. The summed E-state index contributed by atoms with van der Waals surface area (Å²) < 4.78 is 92.9. The number of carbonyl (C=O) groups excluding carboxylic acids is 1. The van der Waals surface area contributed by atoms with Gasteiger partial charge in [0.1, 0.15) is 31.3 Å². The van der Waals surface area contributed by atoms with Crippen molar-refractivity contribution in [3.8, 4) is 17.2 Å². The van der Waals surface area contributed by atoms with Crippen LogP contribution < -0.4 is 23.8 Å². The molecule has 0 spiro atoms. The number of nitrogens with zero attached hydrogens (tertiary/aromatic N) is 1. The van der Waals surface area contributed by atoms with Crippen LogP contribution in [0.15, 0.2) is 71.6 Å². The molecule has 0 unspecified atom stereocenters. The van der Waals surface area contributed by atoms with E-state index < -0.39 is 40.4 Å². The van der Waals surface area contributed by atoms with Gasteiger partial charge in [-0.2, -0.15) is 0 Å². The van der Waals surface area contributed by atoms with Crippen LogP contribution in [-0.2, 0) is 14.8 Å². The summed E-state index contributed by atoms with van der Waals surface area (Å²) in [6, 6.07) is 12.8. The first-order valence-corrected chi connectivity index (χ1v) is 11.8. The van der Waals surface area contributed by atoms with Crippen molar-refractivity contribution >= 4 is 27.3 Å². The van der Waals surface area contributed by atoms with Gasteiger partial charge in [-0.1, -0.05) is 0 Å². The number of amides is 1. The minimum atomic E-state index is -4.87. The van der Waals surface area contributed by atoms with Crippen LogP contribution in [0.1, 0.15) is 0 Å². The van der Waals surface area contributed by atoms with Crippen LogP contribution in [0.4, 0.5) is 28.9 Å². The summed E-state index contributed by atoms with van der Waals surface area (Å²) in [6.45, 7) is -0.180. The van der Waals surface area contributed by atoms with Gasteiger partial charge >= 0.3 is 6.36 Å². The third-order valence-corrected chi connectivity index (χ3v) is 6.64. The third kappa shape index (κ3) is 5.97. The molecule has 0 bridgehead atoms. The lowest BCUT2D eigenvalue weighted by Crippen LogP contribution is -2.38. The fourth-order valence-electron chi connectivity index (χ4n) is 3.30. The molecule has 190 valence electrons. The highest BCUT2D eigenvalue weighted by Crippen LogP contribution is 2.34. The van der Waals surface area contributed by atoms with Gasteiger partial charge in [-0.3, -0.25) is 9.10 Å². The third-order valence-electron chi connectivity index (χ3n) is 4.88. The molecule has 0 saturated carbocycles. The van der Waals surface area contributed by atoms with Crippen LogP contribution in [0, 0.1) is 5.82 Å². The molecule has 13 heteroatoms. The van der Waals surface area contributed by atoms with E-state index in [1.807, 2.05) is 0 Å². The minimum absolute atomic E-state index is 0.00960. The molecule has 36 heavy (non-hydrogen) atoms. The molecule has 1 aliphatic rings. The van der Waals surface area contributed by atoms with E-state index in [9.17, 15) is 30.8 Å². The summed E-state index contributed by atoms with van der Waals surface area (Å²) in [5.41, 5.74) is 0.112. The summed E-state index contributed by atoms with van der Waals surface area (Å²) in [6.07, 6.45) is -4.87. The fraction of sp³-hybridized carbons (Fsp3) is 0.174. The second-order valence-corrected chi connectivity index (χ2v) is 9.28. The van der Waals surface area contributed by atoms with E-state index >= 15 is 0 Å². The number of anilines is 2.